The highest BCUT2D eigenvalue weighted by Gasteiger charge is 2.07. The van der Waals surface area contributed by atoms with Crippen molar-refractivity contribution in [3.8, 4) is 11.5 Å². The van der Waals surface area contributed by atoms with E-state index in [4.69, 9.17) is 33.7 Å². The van der Waals surface area contributed by atoms with Crippen LogP contribution in [0.5, 0.6) is 11.5 Å². The van der Waals surface area contributed by atoms with E-state index in [0.717, 1.165) is 12.1 Å². The summed E-state index contributed by atoms with van der Waals surface area (Å²) in [5, 5.41) is 1.03. The van der Waals surface area contributed by atoms with Crippen molar-refractivity contribution in [1.82, 2.24) is 4.98 Å². The van der Waals surface area contributed by atoms with Gasteiger partial charge in [-0.25, -0.2) is 0 Å². The molecule has 100 valence electrons. The van der Waals surface area contributed by atoms with Gasteiger partial charge in [-0.15, -0.1) is 0 Å². The van der Waals surface area contributed by atoms with Crippen molar-refractivity contribution >= 4 is 23.2 Å². The normalized spacial score (nSPS) is 12.2. The molecule has 0 unspecified atom stereocenters. The van der Waals surface area contributed by atoms with Crippen LogP contribution in [-0.2, 0) is 0 Å². The van der Waals surface area contributed by atoms with Crippen LogP contribution in [0.2, 0.25) is 10.0 Å². The molecule has 1 aromatic carbocycles. The molecular weight excluding hydrogens is 283 g/mol. The number of halogens is 2. The maximum atomic E-state index is 6.03. The van der Waals surface area contributed by atoms with Gasteiger partial charge in [0, 0.05) is 11.1 Å². The lowest BCUT2D eigenvalue weighted by molar-refractivity contribution is 0.479. The number of hydrogen-bond acceptors (Lipinski definition) is 3. The molecule has 0 aliphatic heterocycles. The van der Waals surface area contributed by atoms with Crippen LogP contribution < -0.4 is 10.5 Å². The number of benzene rings is 1. The zero-order valence-electron chi connectivity index (χ0n) is 10.4. The number of nitrogens with zero attached hydrogens (tertiary/aromatic N) is 1. The summed E-state index contributed by atoms with van der Waals surface area (Å²) in [5.74, 6) is 1.15. The van der Waals surface area contributed by atoms with Crippen molar-refractivity contribution in [2.24, 2.45) is 5.73 Å². The predicted molar refractivity (Wildman–Crippen MR) is 78.0 cm³/mol. The number of rotatable bonds is 4. The molecular formula is C14H14Cl2N2O. The van der Waals surface area contributed by atoms with Crippen LogP contribution >= 0.6 is 23.2 Å². The molecule has 0 saturated carbocycles. The van der Waals surface area contributed by atoms with Gasteiger partial charge in [-0.3, -0.25) is 4.98 Å². The Bertz CT molecular complexity index is 558. The summed E-state index contributed by atoms with van der Waals surface area (Å²) in [7, 11) is 0. The molecule has 5 heteroatoms. The van der Waals surface area contributed by atoms with E-state index in [9.17, 15) is 0 Å². The quantitative estimate of drug-likeness (QED) is 0.897. The highest BCUT2D eigenvalue weighted by molar-refractivity contribution is 6.35. The fourth-order valence-electron chi connectivity index (χ4n) is 1.57. The smallest absolute Gasteiger partial charge is 0.146 e. The lowest BCUT2D eigenvalue weighted by Crippen LogP contribution is -2.10. The van der Waals surface area contributed by atoms with Crippen molar-refractivity contribution in [3.63, 3.8) is 0 Å². The predicted octanol–water partition coefficient (Wildman–Crippen LogP) is 4.59. The number of ether oxygens (including phenoxy) is 1. The zero-order chi connectivity index (χ0) is 13.8. The van der Waals surface area contributed by atoms with E-state index in [1.165, 1.54) is 0 Å². The maximum absolute atomic E-state index is 6.03. The first-order chi connectivity index (χ1) is 9.10. The topological polar surface area (TPSA) is 48.1 Å². The Kier molecular flexibility index (Phi) is 4.64. The van der Waals surface area contributed by atoms with E-state index in [2.05, 4.69) is 4.98 Å². The van der Waals surface area contributed by atoms with Gasteiger partial charge in [-0.1, -0.05) is 30.1 Å². The molecule has 0 amide bonds. The van der Waals surface area contributed by atoms with E-state index >= 15 is 0 Å². The Morgan fingerprint density at radius 1 is 1.26 bits per heavy atom. The first kappa shape index (κ1) is 14.1. The molecule has 0 saturated heterocycles. The Morgan fingerprint density at radius 3 is 2.63 bits per heavy atom. The van der Waals surface area contributed by atoms with Crippen LogP contribution in [0.1, 0.15) is 25.1 Å². The van der Waals surface area contributed by atoms with Crippen LogP contribution in [0.3, 0.4) is 0 Å². The van der Waals surface area contributed by atoms with E-state index in [1.54, 1.807) is 24.4 Å². The lowest BCUT2D eigenvalue weighted by Gasteiger charge is -2.10. The Morgan fingerprint density at radius 2 is 2.05 bits per heavy atom. The minimum Gasteiger partial charge on any atom is -0.454 e. The Hall–Kier alpha value is -1.29. The van der Waals surface area contributed by atoms with Crippen LogP contribution in [0.4, 0.5) is 0 Å². The standard InChI is InChI=1S/C14H14Cl2N2O/c1-2-12(17)13-5-4-10(8-18-13)19-14-6-3-9(15)7-11(14)16/h3-8,12H,2,17H2,1H3/t12-/m0/s1. The molecule has 2 rings (SSSR count). The molecule has 0 aliphatic carbocycles. The fourth-order valence-corrected chi connectivity index (χ4v) is 2.01. The van der Waals surface area contributed by atoms with Crippen LogP contribution in [0.25, 0.3) is 0 Å². The number of hydrogen-bond donors (Lipinski definition) is 1. The second-order valence-corrected chi connectivity index (χ2v) is 4.95. The monoisotopic (exact) mass is 296 g/mol. The van der Waals surface area contributed by atoms with Crippen LogP contribution in [0.15, 0.2) is 36.5 Å². The van der Waals surface area contributed by atoms with Crippen molar-refractivity contribution in [2.75, 3.05) is 0 Å². The van der Waals surface area contributed by atoms with Gasteiger partial charge >= 0.3 is 0 Å². The van der Waals surface area contributed by atoms with Gasteiger partial charge in [0.15, 0.2) is 0 Å². The van der Waals surface area contributed by atoms with E-state index < -0.39 is 0 Å². The molecule has 0 bridgehead atoms. The van der Waals surface area contributed by atoms with Gasteiger partial charge in [0.1, 0.15) is 11.5 Å². The number of pyridine rings is 1. The third-order valence-electron chi connectivity index (χ3n) is 2.70. The largest absolute Gasteiger partial charge is 0.454 e. The highest BCUT2D eigenvalue weighted by atomic mass is 35.5. The second-order valence-electron chi connectivity index (χ2n) is 4.11. The second kappa shape index (κ2) is 6.24. The summed E-state index contributed by atoms with van der Waals surface area (Å²) >= 11 is 11.9. The molecule has 1 aromatic heterocycles. The molecule has 1 heterocycles. The molecule has 0 radical (unpaired) electrons. The third-order valence-corrected chi connectivity index (χ3v) is 3.23. The fraction of sp³-hybridized carbons (Fsp3) is 0.214. The van der Waals surface area contributed by atoms with Crippen molar-refractivity contribution < 1.29 is 4.74 Å². The molecule has 0 fully saturated rings. The lowest BCUT2D eigenvalue weighted by atomic mass is 10.1. The SMILES string of the molecule is CC[C@H](N)c1ccc(Oc2ccc(Cl)cc2Cl)cn1. The van der Waals surface area contributed by atoms with Crippen LogP contribution in [0, 0.1) is 0 Å². The summed E-state index contributed by atoms with van der Waals surface area (Å²) in [6.07, 6.45) is 2.48. The first-order valence-corrected chi connectivity index (χ1v) is 6.70. The van der Waals surface area contributed by atoms with Crippen molar-refractivity contribution in [3.05, 3.63) is 52.3 Å². The number of nitrogens with two attached hydrogens (primary N) is 1. The number of aromatic nitrogens is 1. The summed E-state index contributed by atoms with van der Waals surface area (Å²) in [4.78, 5) is 4.27. The summed E-state index contributed by atoms with van der Waals surface area (Å²) in [6.45, 7) is 2.02. The van der Waals surface area contributed by atoms with E-state index in [1.807, 2.05) is 19.1 Å². The Balaban J connectivity index is 2.15. The summed E-state index contributed by atoms with van der Waals surface area (Å²) in [6, 6.07) is 8.70. The van der Waals surface area contributed by atoms with Crippen molar-refractivity contribution in [2.45, 2.75) is 19.4 Å². The molecule has 3 nitrogen and oxygen atoms in total. The van der Waals surface area contributed by atoms with Gasteiger partial charge in [0.05, 0.1) is 16.9 Å². The van der Waals surface area contributed by atoms with Gasteiger partial charge in [-0.2, -0.15) is 0 Å². The van der Waals surface area contributed by atoms with E-state index in [0.29, 0.717) is 21.5 Å². The molecule has 2 aromatic rings. The van der Waals surface area contributed by atoms with E-state index in [-0.39, 0.29) is 6.04 Å². The zero-order valence-corrected chi connectivity index (χ0v) is 11.9. The average molecular weight is 297 g/mol. The third kappa shape index (κ3) is 3.60. The highest BCUT2D eigenvalue weighted by Crippen LogP contribution is 2.31. The van der Waals surface area contributed by atoms with Gasteiger partial charge in [-0.05, 0) is 36.8 Å². The molecule has 0 spiro atoms. The minimum absolute atomic E-state index is 0.0480. The average Bonchev–Trinajstić information content (AvgIpc) is 2.42. The molecule has 1 atom stereocenters. The summed E-state index contributed by atoms with van der Waals surface area (Å²) in [5.41, 5.74) is 6.74. The maximum Gasteiger partial charge on any atom is 0.146 e. The Labute approximate surface area is 122 Å². The first-order valence-electron chi connectivity index (χ1n) is 5.94. The molecule has 19 heavy (non-hydrogen) atoms. The summed E-state index contributed by atoms with van der Waals surface area (Å²) < 4.78 is 5.64. The van der Waals surface area contributed by atoms with Gasteiger partial charge in [0.25, 0.3) is 0 Å². The van der Waals surface area contributed by atoms with Gasteiger partial charge < -0.3 is 10.5 Å². The molecule has 2 N–H and O–H groups in total. The minimum atomic E-state index is -0.0480. The van der Waals surface area contributed by atoms with Crippen molar-refractivity contribution in [1.29, 1.82) is 0 Å². The van der Waals surface area contributed by atoms with Gasteiger partial charge in [0.2, 0.25) is 0 Å². The molecule has 0 aliphatic rings. The van der Waals surface area contributed by atoms with Crippen LogP contribution in [-0.4, -0.2) is 4.98 Å².